The molecule has 1 aromatic heterocycles. The van der Waals surface area contributed by atoms with Gasteiger partial charge in [-0.25, -0.2) is 4.98 Å². The molecule has 214 valence electrons. The summed E-state index contributed by atoms with van der Waals surface area (Å²) in [4.78, 5) is 50.6. The van der Waals surface area contributed by atoms with Gasteiger partial charge in [-0.1, -0.05) is 65.8 Å². The Balaban J connectivity index is 1.31. The minimum atomic E-state index is -1.09. The van der Waals surface area contributed by atoms with Crippen molar-refractivity contribution in [3.63, 3.8) is 0 Å². The first kappa shape index (κ1) is 28.6. The van der Waals surface area contributed by atoms with E-state index in [0.29, 0.717) is 5.75 Å². The van der Waals surface area contributed by atoms with Crippen LogP contribution in [0.1, 0.15) is 22.9 Å². The summed E-state index contributed by atoms with van der Waals surface area (Å²) in [5, 5.41) is 8.00. The maximum Gasteiger partial charge on any atom is 0.318 e. The lowest BCUT2D eigenvalue weighted by Crippen LogP contribution is -2.74. The number of thiazole rings is 1. The number of nitrogens with one attached hydrogen (secondary N) is 1. The van der Waals surface area contributed by atoms with E-state index in [1.807, 2.05) is 60.7 Å². The zero-order valence-corrected chi connectivity index (χ0v) is 24.0. The lowest BCUT2D eigenvalue weighted by Gasteiger charge is -2.54. The molecule has 3 atom stereocenters. The van der Waals surface area contributed by atoms with E-state index < -0.39 is 29.4 Å². The molecule has 5 rings (SSSR count). The Morgan fingerprint density at radius 1 is 1.15 bits per heavy atom. The Morgan fingerprint density at radius 3 is 2.37 bits per heavy atom. The molecular weight excluding hydrogens is 566 g/mol. The molecule has 2 amide bonds. The number of β-lactam (4-membered cyclic amide) rings is 1. The quantitative estimate of drug-likeness (QED) is 0.156. The fraction of sp³-hybridized carbons (Fsp3) is 0.321. The van der Waals surface area contributed by atoms with E-state index in [1.165, 1.54) is 26.0 Å². The van der Waals surface area contributed by atoms with Crippen LogP contribution >= 0.6 is 23.1 Å². The molecule has 13 heteroatoms. The van der Waals surface area contributed by atoms with E-state index in [4.69, 9.17) is 20.0 Å². The predicted octanol–water partition coefficient (Wildman–Crippen LogP) is 2.44. The third kappa shape index (κ3) is 5.78. The number of hydrogen-bond acceptors (Lipinski definition) is 11. The number of ether oxygens (including phenoxy) is 2. The third-order valence-electron chi connectivity index (χ3n) is 6.88. The summed E-state index contributed by atoms with van der Waals surface area (Å²) < 4.78 is 11.7. The maximum absolute atomic E-state index is 13.9. The minimum absolute atomic E-state index is 0.0680. The zero-order valence-electron chi connectivity index (χ0n) is 22.4. The van der Waals surface area contributed by atoms with Gasteiger partial charge in [0.25, 0.3) is 5.91 Å². The normalized spacial score (nSPS) is 22.1. The lowest BCUT2D eigenvalue weighted by molar-refractivity contribution is -0.169. The third-order valence-corrected chi connectivity index (χ3v) is 9.14. The Bertz CT molecular complexity index is 1400. The summed E-state index contributed by atoms with van der Waals surface area (Å²) in [5.74, 6) is -1.06. The van der Waals surface area contributed by atoms with Crippen LogP contribution in [0, 0.1) is 5.41 Å². The van der Waals surface area contributed by atoms with Crippen LogP contribution in [0.4, 0.5) is 5.13 Å². The van der Waals surface area contributed by atoms with Gasteiger partial charge in [0, 0.05) is 24.8 Å². The number of carbonyl (C=O) groups excluding carboxylic acids is 3. The standard InChI is InChI=1S/C28H29N5O6S2/c1-37-15-28(26(36)39-22(17-9-5-3-6-10-17)18-11-7-4-8-12-18)14-33-24(35)21(25(33)41-16-28)31-23(34)20(32-38-2)19-13-40-27(29)30-19/h3-13,21-22,25H,14-16H2,1-2H3,(H2,29,30)(H,31,34)/t21?,25-,28?/m1/s1. The van der Waals surface area contributed by atoms with Gasteiger partial charge in [-0.05, 0) is 11.1 Å². The number of rotatable bonds is 10. The van der Waals surface area contributed by atoms with Crippen molar-refractivity contribution in [2.75, 3.05) is 38.9 Å². The van der Waals surface area contributed by atoms with Crippen LogP contribution in [0.25, 0.3) is 0 Å². The molecule has 0 spiro atoms. The Hall–Kier alpha value is -3.94. The molecule has 41 heavy (non-hydrogen) atoms. The number of nitrogen functional groups attached to an aromatic ring is 1. The molecule has 2 unspecified atom stereocenters. The van der Waals surface area contributed by atoms with Crippen LogP contribution in [-0.4, -0.2) is 77.9 Å². The molecule has 0 aliphatic carbocycles. The van der Waals surface area contributed by atoms with E-state index in [2.05, 4.69) is 15.5 Å². The number of anilines is 1. The molecule has 0 radical (unpaired) electrons. The van der Waals surface area contributed by atoms with E-state index in [-0.39, 0.29) is 41.0 Å². The number of fused-ring (bicyclic) bond motifs is 1. The molecule has 0 bridgehead atoms. The number of amides is 2. The number of nitrogens with zero attached hydrogens (tertiary/aromatic N) is 3. The van der Waals surface area contributed by atoms with Crippen molar-refractivity contribution in [3.8, 4) is 0 Å². The second-order valence-electron chi connectivity index (χ2n) is 9.63. The first-order valence-electron chi connectivity index (χ1n) is 12.7. The van der Waals surface area contributed by atoms with Gasteiger partial charge in [0.15, 0.2) is 16.9 Å². The highest BCUT2D eigenvalue weighted by Gasteiger charge is 2.58. The molecule has 2 saturated heterocycles. The molecule has 2 aliphatic rings. The van der Waals surface area contributed by atoms with Crippen LogP contribution in [0.2, 0.25) is 0 Å². The SMILES string of the molecule is COCC1(C(=O)OC(c2ccccc2)c2ccccc2)CS[C@@H]2C(NC(=O)C(=NOC)c3csc(N)n3)C(=O)N2C1. The molecule has 0 saturated carbocycles. The molecule has 2 fully saturated rings. The summed E-state index contributed by atoms with van der Waals surface area (Å²) in [5.41, 5.74) is 6.43. The van der Waals surface area contributed by atoms with Gasteiger partial charge in [-0.2, -0.15) is 0 Å². The van der Waals surface area contributed by atoms with Gasteiger partial charge in [0.1, 0.15) is 29.6 Å². The second kappa shape index (κ2) is 12.3. The van der Waals surface area contributed by atoms with Crippen molar-refractivity contribution in [1.82, 2.24) is 15.2 Å². The number of carbonyl (C=O) groups is 3. The smallest absolute Gasteiger partial charge is 0.318 e. The van der Waals surface area contributed by atoms with Crippen molar-refractivity contribution in [3.05, 3.63) is 82.9 Å². The number of nitrogens with two attached hydrogens (primary N) is 1. The number of benzene rings is 2. The molecular formula is C28H29N5O6S2. The van der Waals surface area contributed by atoms with Crippen LogP contribution < -0.4 is 11.1 Å². The largest absolute Gasteiger partial charge is 0.452 e. The number of esters is 1. The summed E-state index contributed by atoms with van der Waals surface area (Å²) in [6, 6.07) is 18.2. The van der Waals surface area contributed by atoms with Gasteiger partial charge in [-0.15, -0.1) is 23.1 Å². The Kier molecular flexibility index (Phi) is 8.57. The van der Waals surface area contributed by atoms with Crippen molar-refractivity contribution in [2.24, 2.45) is 10.6 Å². The average Bonchev–Trinajstić information content (AvgIpc) is 3.43. The Morgan fingerprint density at radius 2 is 1.80 bits per heavy atom. The van der Waals surface area contributed by atoms with Crippen molar-refractivity contribution < 1.29 is 28.7 Å². The number of aromatic nitrogens is 1. The number of methoxy groups -OCH3 is 1. The fourth-order valence-electron chi connectivity index (χ4n) is 4.89. The van der Waals surface area contributed by atoms with Crippen LogP contribution in [0.5, 0.6) is 0 Å². The summed E-state index contributed by atoms with van der Waals surface area (Å²) in [7, 11) is 2.82. The van der Waals surface area contributed by atoms with E-state index in [1.54, 1.807) is 10.3 Å². The molecule has 3 N–H and O–H groups in total. The fourth-order valence-corrected chi connectivity index (χ4v) is 6.96. The molecule has 11 nitrogen and oxygen atoms in total. The summed E-state index contributed by atoms with van der Waals surface area (Å²) >= 11 is 2.55. The maximum atomic E-state index is 13.9. The topological polar surface area (TPSA) is 145 Å². The molecule has 2 aliphatic heterocycles. The van der Waals surface area contributed by atoms with Gasteiger partial charge < -0.3 is 30.3 Å². The van der Waals surface area contributed by atoms with Gasteiger partial charge >= 0.3 is 5.97 Å². The van der Waals surface area contributed by atoms with Gasteiger partial charge in [0.2, 0.25) is 5.91 Å². The first-order chi connectivity index (χ1) is 19.9. The predicted molar refractivity (Wildman–Crippen MR) is 155 cm³/mol. The molecule has 3 aromatic rings. The first-order valence-corrected chi connectivity index (χ1v) is 14.6. The molecule has 3 heterocycles. The van der Waals surface area contributed by atoms with Crippen molar-refractivity contribution in [1.29, 1.82) is 0 Å². The van der Waals surface area contributed by atoms with Crippen molar-refractivity contribution >= 4 is 51.7 Å². The highest BCUT2D eigenvalue weighted by Crippen LogP contribution is 2.44. The Labute approximate surface area is 245 Å². The van der Waals surface area contributed by atoms with Crippen LogP contribution in [0.3, 0.4) is 0 Å². The monoisotopic (exact) mass is 595 g/mol. The number of thioether (sulfide) groups is 1. The minimum Gasteiger partial charge on any atom is -0.452 e. The van der Waals surface area contributed by atoms with Crippen molar-refractivity contribution in [2.45, 2.75) is 17.5 Å². The highest BCUT2D eigenvalue weighted by molar-refractivity contribution is 8.00. The number of oxime groups is 1. The van der Waals surface area contributed by atoms with Gasteiger partial charge in [0.05, 0.1) is 6.61 Å². The van der Waals surface area contributed by atoms with Crippen LogP contribution in [0.15, 0.2) is 71.2 Å². The highest BCUT2D eigenvalue weighted by atomic mass is 32.2. The average molecular weight is 596 g/mol. The number of hydrogen-bond donors (Lipinski definition) is 2. The van der Waals surface area contributed by atoms with Crippen LogP contribution in [-0.2, 0) is 28.7 Å². The van der Waals surface area contributed by atoms with E-state index >= 15 is 0 Å². The summed E-state index contributed by atoms with van der Waals surface area (Å²) in [6.45, 7) is 0.166. The summed E-state index contributed by atoms with van der Waals surface area (Å²) in [6.07, 6.45) is -0.626. The van der Waals surface area contributed by atoms with E-state index in [0.717, 1.165) is 22.5 Å². The zero-order chi connectivity index (χ0) is 29.0. The van der Waals surface area contributed by atoms with Gasteiger partial charge in [-0.3, -0.25) is 14.4 Å². The second-order valence-corrected chi connectivity index (χ2v) is 11.6. The van der Waals surface area contributed by atoms with E-state index in [9.17, 15) is 14.4 Å². The molecule has 2 aromatic carbocycles. The lowest BCUT2D eigenvalue weighted by atomic mass is 9.87.